The van der Waals surface area contributed by atoms with Crippen LogP contribution in [0.5, 0.6) is 11.5 Å². The highest BCUT2D eigenvalue weighted by atomic mass is 16.5. The van der Waals surface area contributed by atoms with E-state index in [0.29, 0.717) is 6.61 Å². The highest BCUT2D eigenvalue weighted by Gasteiger charge is 2.52. The van der Waals surface area contributed by atoms with Gasteiger partial charge in [-0.05, 0) is 78.2 Å². The second-order valence-corrected chi connectivity index (χ2v) is 14.6. The lowest BCUT2D eigenvalue weighted by atomic mass is 9.59. The maximum atomic E-state index is 7.62. The lowest BCUT2D eigenvalue weighted by Crippen LogP contribution is -2.48. The fourth-order valence-electron chi connectivity index (χ4n) is 8.50. The Kier molecular flexibility index (Phi) is 8.04. The van der Waals surface area contributed by atoms with E-state index in [1.165, 1.54) is 22.4 Å². The van der Waals surface area contributed by atoms with Crippen LogP contribution in [0, 0.1) is 6.92 Å². The van der Waals surface area contributed by atoms with Crippen LogP contribution < -0.4 is 14.4 Å². The summed E-state index contributed by atoms with van der Waals surface area (Å²) in [5.74, 6) is 1.74. The number of rotatable bonds is 7. The maximum Gasteiger partial charge on any atom is 0.178 e. The second-order valence-electron chi connectivity index (χ2n) is 14.6. The van der Waals surface area contributed by atoms with Gasteiger partial charge < -0.3 is 23.8 Å². The molecule has 5 heteroatoms. The molecule has 5 aromatic rings. The number of aryl methyl sites for hydroxylation is 1. The number of ether oxygens (including phenoxy) is 4. The van der Waals surface area contributed by atoms with Crippen LogP contribution in [-0.2, 0) is 26.1 Å². The normalized spacial score (nSPS) is 22.0. The van der Waals surface area contributed by atoms with Gasteiger partial charge in [-0.2, -0.15) is 0 Å². The standard InChI is InChI=1S/C45H47NO4/c1-7-25-49-39-29-37-36(28-30(39)2)40-34-15-11-12-16-38(34)43(3,4)44(5,47-6)41(40)35-21-22-45(50-42(35)37,31-13-9-8-10-14-31)32-17-19-33(20-18-32)46-23-26-48-27-24-46/h8-22,28-29H,7,23-27H2,1-6H3. The van der Waals surface area contributed by atoms with Crippen molar-refractivity contribution >= 4 is 22.5 Å². The SMILES string of the molecule is CCCOc1cc2c3c(c4c(c2cc1C)-c1ccccc1C(C)(C)C4(C)OC)C=CC(c1ccccc1)(c1ccc(N2CCOCC2)cc1)O3. The van der Waals surface area contributed by atoms with Crippen molar-refractivity contribution in [1.29, 1.82) is 0 Å². The molecule has 0 amide bonds. The van der Waals surface area contributed by atoms with Crippen LogP contribution in [0.25, 0.3) is 28.0 Å². The summed E-state index contributed by atoms with van der Waals surface area (Å²) in [5, 5.41) is 2.18. The van der Waals surface area contributed by atoms with Crippen molar-refractivity contribution in [2.75, 3.05) is 44.9 Å². The monoisotopic (exact) mass is 665 g/mol. The van der Waals surface area contributed by atoms with Gasteiger partial charge in [0, 0.05) is 58.9 Å². The number of fused-ring (bicyclic) bond motifs is 8. The van der Waals surface area contributed by atoms with Crippen LogP contribution in [0.1, 0.15) is 67.5 Å². The first kappa shape index (κ1) is 32.6. The quantitative estimate of drug-likeness (QED) is 0.173. The van der Waals surface area contributed by atoms with Gasteiger partial charge in [-0.3, -0.25) is 0 Å². The number of morpholine rings is 1. The molecular formula is C45H47NO4. The summed E-state index contributed by atoms with van der Waals surface area (Å²) < 4.78 is 26.3. The van der Waals surface area contributed by atoms with Crippen molar-refractivity contribution in [3.63, 3.8) is 0 Å². The Labute approximate surface area is 296 Å². The number of methoxy groups -OCH3 is 1. The number of nitrogens with zero attached hydrogens (tertiary/aromatic N) is 1. The van der Waals surface area contributed by atoms with Gasteiger partial charge in [0.2, 0.25) is 0 Å². The van der Waals surface area contributed by atoms with Gasteiger partial charge in [-0.25, -0.2) is 0 Å². The lowest BCUT2D eigenvalue weighted by Gasteiger charge is -2.51. The molecule has 1 saturated heterocycles. The van der Waals surface area contributed by atoms with E-state index < -0.39 is 11.2 Å². The predicted molar refractivity (Wildman–Crippen MR) is 204 cm³/mol. The molecule has 256 valence electrons. The molecule has 0 radical (unpaired) electrons. The Morgan fingerprint density at radius 1 is 0.820 bits per heavy atom. The van der Waals surface area contributed by atoms with Gasteiger partial charge in [0.05, 0.1) is 19.8 Å². The zero-order valence-electron chi connectivity index (χ0n) is 30.1. The molecule has 2 aliphatic heterocycles. The zero-order valence-corrected chi connectivity index (χ0v) is 30.1. The minimum Gasteiger partial charge on any atom is -0.493 e. The van der Waals surface area contributed by atoms with E-state index in [4.69, 9.17) is 18.9 Å². The van der Waals surface area contributed by atoms with E-state index in [9.17, 15) is 0 Å². The highest BCUT2D eigenvalue weighted by molar-refractivity contribution is 6.08. The van der Waals surface area contributed by atoms with Crippen molar-refractivity contribution in [2.24, 2.45) is 0 Å². The van der Waals surface area contributed by atoms with Gasteiger partial charge in [-0.15, -0.1) is 0 Å². The Morgan fingerprint density at radius 3 is 2.24 bits per heavy atom. The average Bonchev–Trinajstić information content (AvgIpc) is 3.16. The number of hydrogen-bond donors (Lipinski definition) is 0. The van der Waals surface area contributed by atoms with E-state index in [2.05, 4.69) is 143 Å². The zero-order chi connectivity index (χ0) is 34.7. The molecule has 1 aliphatic carbocycles. The fourth-order valence-corrected chi connectivity index (χ4v) is 8.50. The molecular weight excluding hydrogens is 618 g/mol. The third-order valence-electron chi connectivity index (χ3n) is 11.6. The van der Waals surface area contributed by atoms with Crippen molar-refractivity contribution in [3.8, 4) is 22.6 Å². The summed E-state index contributed by atoms with van der Waals surface area (Å²) in [6, 6.07) is 32.8. The minimum absolute atomic E-state index is 0.330. The molecule has 3 aliphatic rings. The maximum absolute atomic E-state index is 7.62. The van der Waals surface area contributed by atoms with Crippen LogP contribution in [0.4, 0.5) is 5.69 Å². The predicted octanol–water partition coefficient (Wildman–Crippen LogP) is 9.94. The summed E-state index contributed by atoms with van der Waals surface area (Å²) in [6.07, 6.45) is 5.49. The van der Waals surface area contributed by atoms with Crippen LogP contribution in [0.15, 0.2) is 97.1 Å². The fraction of sp³-hybridized carbons (Fsp3) is 0.333. The Hall–Kier alpha value is -4.58. The molecule has 2 atom stereocenters. The average molecular weight is 666 g/mol. The molecule has 0 spiro atoms. The van der Waals surface area contributed by atoms with Crippen LogP contribution in [-0.4, -0.2) is 40.0 Å². The molecule has 1 fully saturated rings. The summed E-state index contributed by atoms with van der Waals surface area (Å²) in [7, 11) is 1.85. The van der Waals surface area contributed by atoms with Gasteiger partial charge in [0.15, 0.2) is 5.60 Å². The first-order chi connectivity index (χ1) is 24.2. The Morgan fingerprint density at radius 2 is 1.52 bits per heavy atom. The molecule has 50 heavy (non-hydrogen) atoms. The van der Waals surface area contributed by atoms with Crippen LogP contribution in [0.2, 0.25) is 0 Å². The van der Waals surface area contributed by atoms with Gasteiger partial charge >= 0.3 is 0 Å². The molecule has 5 aromatic carbocycles. The van der Waals surface area contributed by atoms with E-state index >= 15 is 0 Å². The Balaban J connectivity index is 1.42. The van der Waals surface area contributed by atoms with Crippen LogP contribution >= 0.6 is 0 Å². The molecule has 8 rings (SSSR count). The molecule has 0 saturated carbocycles. The van der Waals surface area contributed by atoms with Gasteiger partial charge in [-0.1, -0.05) is 93.6 Å². The Bertz CT molecular complexity index is 2090. The van der Waals surface area contributed by atoms with E-state index in [1.807, 2.05) is 7.11 Å². The van der Waals surface area contributed by atoms with E-state index in [-0.39, 0.29) is 5.41 Å². The van der Waals surface area contributed by atoms with E-state index in [1.54, 1.807) is 0 Å². The third-order valence-corrected chi connectivity index (χ3v) is 11.6. The van der Waals surface area contributed by atoms with E-state index in [0.717, 1.165) is 82.8 Å². The summed E-state index contributed by atoms with van der Waals surface area (Å²) >= 11 is 0. The molecule has 0 N–H and O–H groups in total. The molecule has 2 heterocycles. The number of benzene rings is 5. The topological polar surface area (TPSA) is 40.2 Å². The smallest absolute Gasteiger partial charge is 0.178 e. The first-order valence-corrected chi connectivity index (χ1v) is 18.0. The first-order valence-electron chi connectivity index (χ1n) is 18.0. The largest absolute Gasteiger partial charge is 0.493 e. The summed E-state index contributed by atoms with van der Waals surface area (Å²) in [6.45, 7) is 15.1. The minimum atomic E-state index is -0.861. The van der Waals surface area contributed by atoms with Crippen molar-refractivity contribution < 1.29 is 18.9 Å². The van der Waals surface area contributed by atoms with Gasteiger partial charge in [0.25, 0.3) is 0 Å². The van der Waals surface area contributed by atoms with Crippen molar-refractivity contribution in [2.45, 2.75) is 57.7 Å². The number of anilines is 1. The summed E-state index contributed by atoms with van der Waals surface area (Å²) in [5.41, 5.74) is 8.55. The third kappa shape index (κ3) is 4.81. The molecule has 2 unspecified atom stereocenters. The van der Waals surface area contributed by atoms with Gasteiger partial charge in [0.1, 0.15) is 17.1 Å². The van der Waals surface area contributed by atoms with Crippen LogP contribution in [0.3, 0.4) is 0 Å². The molecule has 0 bridgehead atoms. The number of hydrogen-bond acceptors (Lipinski definition) is 5. The van der Waals surface area contributed by atoms with Crippen molar-refractivity contribution in [1.82, 2.24) is 0 Å². The van der Waals surface area contributed by atoms with Crippen molar-refractivity contribution in [3.05, 3.63) is 130 Å². The molecule has 5 nitrogen and oxygen atoms in total. The molecule has 0 aromatic heterocycles. The summed E-state index contributed by atoms with van der Waals surface area (Å²) in [4.78, 5) is 2.39. The lowest BCUT2D eigenvalue weighted by molar-refractivity contribution is -0.0572. The highest BCUT2D eigenvalue weighted by Crippen LogP contribution is 2.61. The second kappa shape index (κ2) is 12.3.